The number of ether oxygens (including phenoxy) is 1. The van der Waals surface area contributed by atoms with Crippen LogP contribution in [0.4, 0.5) is 0 Å². The molecule has 0 fully saturated rings. The number of aromatic nitrogens is 5. The molecular formula is C19H19N5OS. The second kappa shape index (κ2) is 6.84. The molecule has 26 heavy (non-hydrogen) atoms. The molecule has 0 aliphatic heterocycles. The van der Waals surface area contributed by atoms with Gasteiger partial charge in [-0.15, -0.1) is 10.2 Å². The maximum absolute atomic E-state index is 5.44. The van der Waals surface area contributed by atoms with Crippen LogP contribution >= 0.6 is 11.8 Å². The lowest BCUT2D eigenvalue weighted by Crippen LogP contribution is -1.99. The van der Waals surface area contributed by atoms with Crippen molar-refractivity contribution < 1.29 is 4.74 Å². The van der Waals surface area contributed by atoms with Crippen molar-refractivity contribution in [2.45, 2.75) is 10.9 Å². The number of fused-ring (bicyclic) bond motifs is 1. The molecule has 2 heterocycles. The Hall–Kier alpha value is -2.80. The Bertz CT molecular complexity index is 1070. The van der Waals surface area contributed by atoms with Gasteiger partial charge in [-0.25, -0.2) is 4.98 Å². The zero-order valence-corrected chi connectivity index (χ0v) is 15.7. The lowest BCUT2D eigenvalue weighted by atomic mass is 10.2. The number of rotatable bonds is 5. The Balaban J connectivity index is 1.60. The molecule has 6 nitrogen and oxygen atoms in total. The van der Waals surface area contributed by atoms with Gasteiger partial charge >= 0.3 is 0 Å². The molecule has 0 spiro atoms. The molecule has 0 saturated heterocycles. The van der Waals surface area contributed by atoms with Crippen LogP contribution in [0.3, 0.4) is 0 Å². The number of thioether (sulfide) groups is 1. The van der Waals surface area contributed by atoms with Crippen molar-refractivity contribution in [3.63, 3.8) is 0 Å². The fourth-order valence-corrected chi connectivity index (χ4v) is 3.85. The topological polar surface area (TPSA) is 57.8 Å². The van der Waals surface area contributed by atoms with E-state index >= 15 is 0 Å². The molecule has 0 unspecified atom stereocenters. The van der Waals surface area contributed by atoms with Gasteiger partial charge in [0, 0.05) is 14.1 Å². The van der Waals surface area contributed by atoms with Crippen molar-refractivity contribution in [3.8, 4) is 17.1 Å². The maximum Gasteiger partial charge on any atom is 0.191 e. The number of benzene rings is 2. The molecular weight excluding hydrogens is 346 g/mol. The van der Waals surface area contributed by atoms with E-state index < -0.39 is 0 Å². The third kappa shape index (κ3) is 2.84. The summed E-state index contributed by atoms with van der Waals surface area (Å²) in [5.41, 5.74) is 3.08. The van der Waals surface area contributed by atoms with Crippen LogP contribution in [0, 0.1) is 0 Å². The summed E-state index contributed by atoms with van der Waals surface area (Å²) in [6, 6.07) is 16.0. The molecule has 0 atom stereocenters. The number of aryl methyl sites for hydroxylation is 1. The number of imidazole rings is 1. The van der Waals surface area contributed by atoms with E-state index in [1.807, 2.05) is 61.1 Å². The lowest BCUT2D eigenvalue weighted by Gasteiger charge is -2.08. The average molecular weight is 365 g/mol. The first kappa shape index (κ1) is 16.7. The second-order valence-electron chi connectivity index (χ2n) is 5.93. The molecule has 4 rings (SSSR count). The first-order valence-electron chi connectivity index (χ1n) is 8.25. The Labute approximate surface area is 155 Å². The van der Waals surface area contributed by atoms with Gasteiger partial charge in [0.15, 0.2) is 11.0 Å². The summed E-state index contributed by atoms with van der Waals surface area (Å²) in [5, 5.41) is 9.55. The van der Waals surface area contributed by atoms with Crippen molar-refractivity contribution in [1.29, 1.82) is 0 Å². The van der Waals surface area contributed by atoms with E-state index in [1.165, 1.54) is 0 Å². The van der Waals surface area contributed by atoms with Crippen LogP contribution in [0.1, 0.15) is 5.82 Å². The molecule has 0 bridgehead atoms. The summed E-state index contributed by atoms with van der Waals surface area (Å²) in [5.74, 6) is 3.31. The van der Waals surface area contributed by atoms with Crippen LogP contribution in [0.2, 0.25) is 0 Å². The van der Waals surface area contributed by atoms with E-state index in [-0.39, 0.29) is 0 Å². The third-order valence-electron chi connectivity index (χ3n) is 4.39. The fraction of sp³-hybridized carbons (Fsp3) is 0.211. The van der Waals surface area contributed by atoms with E-state index in [2.05, 4.69) is 20.8 Å². The SMILES string of the molecule is COc1ccccc1-c1nnc(SCc2nc3ccccc3n2C)n1C. The summed E-state index contributed by atoms with van der Waals surface area (Å²) in [6.07, 6.45) is 0. The highest BCUT2D eigenvalue weighted by molar-refractivity contribution is 7.98. The van der Waals surface area contributed by atoms with Gasteiger partial charge in [-0.1, -0.05) is 36.0 Å². The zero-order valence-electron chi connectivity index (χ0n) is 14.9. The molecule has 4 aromatic rings. The molecule has 0 saturated carbocycles. The quantitative estimate of drug-likeness (QED) is 0.505. The standard InChI is InChI=1S/C19H19N5OS/c1-23-15-10-6-5-9-14(15)20-17(23)12-26-19-22-21-18(24(19)2)13-8-4-7-11-16(13)25-3/h4-11H,12H2,1-3H3. The Kier molecular flexibility index (Phi) is 4.38. The molecule has 0 radical (unpaired) electrons. The first-order chi connectivity index (χ1) is 12.7. The maximum atomic E-state index is 5.44. The van der Waals surface area contributed by atoms with Gasteiger partial charge in [0.25, 0.3) is 0 Å². The molecule has 0 aliphatic carbocycles. The predicted octanol–water partition coefficient (Wildman–Crippen LogP) is 3.67. The van der Waals surface area contributed by atoms with Crippen LogP contribution < -0.4 is 4.74 Å². The number of nitrogens with zero attached hydrogens (tertiary/aromatic N) is 5. The van der Waals surface area contributed by atoms with Crippen LogP contribution in [0.5, 0.6) is 5.75 Å². The highest BCUT2D eigenvalue weighted by Gasteiger charge is 2.16. The summed E-state index contributed by atoms with van der Waals surface area (Å²) in [7, 11) is 5.68. The molecule has 2 aromatic carbocycles. The third-order valence-corrected chi connectivity index (χ3v) is 5.41. The van der Waals surface area contributed by atoms with Gasteiger partial charge in [0.05, 0.1) is 29.5 Å². The number of methoxy groups -OCH3 is 1. The highest BCUT2D eigenvalue weighted by Crippen LogP contribution is 2.31. The zero-order chi connectivity index (χ0) is 18.1. The number of hydrogen-bond donors (Lipinski definition) is 0. The van der Waals surface area contributed by atoms with Gasteiger partial charge < -0.3 is 13.9 Å². The number of para-hydroxylation sites is 3. The summed E-state index contributed by atoms with van der Waals surface area (Å²) in [4.78, 5) is 4.71. The van der Waals surface area contributed by atoms with E-state index in [1.54, 1.807) is 18.9 Å². The van der Waals surface area contributed by atoms with Crippen LogP contribution in [-0.2, 0) is 19.8 Å². The minimum atomic E-state index is 0.725. The Morgan fingerprint density at radius 2 is 1.73 bits per heavy atom. The summed E-state index contributed by atoms with van der Waals surface area (Å²) in [6.45, 7) is 0. The molecule has 7 heteroatoms. The van der Waals surface area contributed by atoms with E-state index in [0.717, 1.165) is 44.9 Å². The van der Waals surface area contributed by atoms with Gasteiger partial charge in [0.1, 0.15) is 11.6 Å². The van der Waals surface area contributed by atoms with E-state index in [4.69, 9.17) is 9.72 Å². The summed E-state index contributed by atoms with van der Waals surface area (Å²) >= 11 is 1.62. The van der Waals surface area contributed by atoms with Crippen molar-refractivity contribution in [2.24, 2.45) is 14.1 Å². The second-order valence-corrected chi connectivity index (χ2v) is 6.87. The number of hydrogen-bond acceptors (Lipinski definition) is 5. The molecule has 0 amide bonds. The van der Waals surface area contributed by atoms with Crippen molar-refractivity contribution in [1.82, 2.24) is 24.3 Å². The monoisotopic (exact) mass is 365 g/mol. The van der Waals surface area contributed by atoms with Gasteiger partial charge in [0.2, 0.25) is 0 Å². The molecule has 0 N–H and O–H groups in total. The largest absolute Gasteiger partial charge is 0.496 e. The normalized spacial score (nSPS) is 11.2. The van der Waals surface area contributed by atoms with Gasteiger partial charge in [-0.3, -0.25) is 0 Å². The van der Waals surface area contributed by atoms with Crippen LogP contribution in [0.25, 0.3) is 22.4 Å². The van der Waals surface area contributed by atoms with Crippen molar-refractivity contribution in [3.05, 3.63) is 54.4 Å². The molecule has 132 valence electrons. The predicted molar refractivity (Wildman–Crippen MR) is 103 cm³/mol. The van der Waals surface area contributed by atoms with Gasteiger partial charge in [-0.05, 0) is 24.3 Å². The minimum absolute atomic E-state index is 0.725. The Morgan fingerprint density at radius 1 is 0.962 bits per heavy atom. The van der Waals surface area contributed by atoms with Gasteiger partial charge in [-0.2, -0.15) is 0 Å². The molecule has 0 aliphatic rings. The van der Waals surface area contributed by atoms with Crippen molar-refractivity contribution in [2.75, 3.05) is 7.11 Å². The smallest absolute Gasteiger partial charge is 0.191 e. The van der Waals surface area contributed by atoms with Crippen molar-refractivity contribution >= 4 is 22.8 Å². The van der Waals surface area contributed by atoms with Crippen LogP contribution in [-0.4, -0.2) is 31.4 Å². The Morgan fingerprint density at radius 3 is 2.54 bits per heavy atom. The average Bonchev–Trinajstić information content (AvgIpc) is 3.20. The first-order valence-corrected chi connectivity index (χ1v) is 9.23. The minimum Gasteiger partial charge on any atom is -0.496 e. The summed E-state index contributed by atoms with van der Waals surface area (Å²) < 4.78 is 9.56. The molecule has 2 aromatic heterocycles. The van der Waals surface area contributed by atoms with Crippen LogP contribution in [0.15, 0.2) is 53.7 Å². The highest BCUT2D eigenvalue weighted by atomic mass is 32.2. The van der Waals surface area contributed by atoms with E-state index in [9.17, 15) is 0 Å². The van der Waals surface area contributed by atoms with E-state index in [0.29, 0.717) is 0 Å². The fourth-order valence-electron chi connectivity index (χ4n) is 2.96. The lowest BCUT2D eigenvalue weighted by molar-refractivity contribution is 0.416.